The molecule has 0 saturated carbocycles. The number of benzene rings is 2. The molecular weight excluding hydrogens is 344 g/mol. The van der Waals surface area contributed by atoms with Gasteiger partial charge in [-0.1, -0.05) is 30.3 Å². The zero-order chi connectivity index (χ0) is 18.2. The van der Waals surface area contributed by atoms with Crippen LogP contribution in [0, 0.1) is 0 Å². The van der Waals surface area contributed by atoms with Crippen molar-refractivity contribution < 1.29 is 9.47 Å². The van der Waals surface area contributed by atoms with Crippen molar-refractivity contribution in [1.82, 2.24) is 19.3 Å². The van der Waals surface area contributed by atoms with Crippen molar-refractivity contribution >= 4 is 11.0 Å². The van der Waals surface area contributed by atoms with Gasteiger partial charge in [-0.3, -0.25) is 9.36 Å². The monoisotopic (exact) mass is 360 g/mol. The second-order valence-corrected chi connectivity index (χ2v) is 6.33. The van der Waals surface area contributed by atoms with Crippen LogP contribution in [-0.4, -0.2) is 32.0 Å². The van der Waals surface area contributed by atoms with E-state index in [4.69, 9.17) is 9.47 Å². The molecule has 0 radical (unpaired) electrons. The summed E-state index contributed by atoms with van der Waals surface area (Å²) in [5, 5.41) is 4.80. The van der Waals surface area contributed by atoms with E-state index in [9.17, 15) is 4.79 Å². The summed E-state index contributed by atoms with van der Waals surface area (Å²) >= 11 is 0. The third-order valence-electron chi connectivity index (χ3n) is 4.52. The third kappa shape index (κ3) is 2.73. The quantitative estimate of drug-likeness (QED) is 0.561. The summed E-state index contributed by atoms with van der Waals surface area (Å²) in [6.45, 7) is 0.734. The fraction of sp³-hybridized carbons (Fsp3) is 0.150. The number of hydrogen-bond acceptors (Lipinski definition) is 5. The van der Waals surface area contributed by atoms with Crippen LogP contribution in [-0.2, 0) is 6.54 Å². The molecule has 0 saturated heterocycles. The van der Waals surface area contributed by atoms with E-state index >= 15 is 0 Å². The maximum atomic E-state index is 12.9. The van der Waals surface area contributed by atoms with Gasteiger partial charge in [-0.2, -0.15) is 5.10 Å². The van der Waals surface area contributed by atoms with Gasteiger partial charge >= 0.3 is 0 Å². The van der Waals surface area contributed by atoms with E-state index in [1.807, 2.05) is 54.6 Å². The Bertz CT molecular complexity index is 1170. The number of hydrogen-bond donors (Lipinski definition) is 0. The van der Waals surface area contributed by atoms with E-state index in [-0.39, 0.29) is 11.7 Å². The van der Waals surface area contributed by atoms with E-state index in [1.54, 1.807) is 15.4 Å². The molecule has 1 atom stereocenters. The Labute approximate surface area is 154 Å². The zero-order valence-corrected chi connectivity index (χ0v) is 14.4. The van der Waals surface area contributed by atoms with Crippen LogP contribution >= 0.6 is 0 Å². The van der Waals surface area contributed by atoms with Crippen LogP contribution < -0.4 is 15.0 Å². The highest BCUT2D eigenvalue weighted by molar-refractivity contribution is 5.74. The topological polar surface area (TPSA) is 71.2 Å². The van der Waals surface area contributed by atoms with Gasteiger partial charge in [0.25, 0.3) is 5.56 Å². The van der Waals surface area contributed by atoms with Crippen LogP contribution in [0.4, 0.5) is 0 Å². The molecule has 5 rings (SSSR count). The molecule has 1 aliphatic rings. The molecule has 0 aliphatic carbocycles. The number of fused-ring (bicyclic) bond motifs is 2. The molecule has 7 nitrogen and oxygen atoms in total. The lowest BCUT2D eigenvalue weighted by molar-refractivity contribution is 0.0777. The van der Waals surface area contributed by atoms with Crippen molar-refractivity contribution in [2.75, 3.05) is 6.61 Å². The minimum Gasteiger partial charge on any atom is -0.486 e. The maximum Gasteiger partial charge on any atom is 0.264 e. The lowest BCUT2D eigenvalue weighted by Crippen LogP contribution is -2.36. The molecule has 2 aromatic heterocycles. The molecule has 134 valence electrons. The number of rotatable bonds is 3. The highest BCUT2D eigenvalue weighted by Gasteiger charge is 2.22. The molecule has 27 heavy (non-hydrogen) atoms. The average molecular weight is 360 g/mol. The zero-order valence-electron chi connectivity index (χ0n) is 14.4. The van der Waals surface area contributed by atoms with Gasteiger partial charge in [-0.05, 0) is 24.3 Å². The molecule has 7 heteroatoms. The molecule has 3 heterocycles. The van der Waals surface area contributed by atoms with Crippen LogP contribution in [0.2, 0.25) is 0 Å². The summed E-state index contributed by atoms with van der Waals surface area (Å²) in [5.41, 5.74) is 1.25. The van der Waals surface area contributed by atoms with Crippen LogP contribution in [0.3, 0.4) is 0 Å². The number of nitrogens with zero attached hydrogens (tertiary/aromatic N) is 4. The molecule has 1 aliphatic heterocycles. The van der Waals surface area contributed by atoms with Gasteiger partial charge in [0.1, 0.15) is 18.3 Å². The van der Waals surface area contributed by atoms with Crippen molar-refractivity contribution in [3.05, 3.63) is 77.5 Å². The summed E-state index contributed by atoms with van der Waals surface area (Å²) in [4.78, 5) is 17.3. The highest BCUT2D eigenvalue weighted by Crippen LogP contribution is 2.31. The Morgan fingerprint density at radius 2 is 1.81 bits per heavy atom. The van der Waals surface area contributed by atoms with Crippen LogP contribution in [0.15, 0.2) is 71.9 Å². The smallest absolute Gasteiger partial charge is 0.264 e. The molecule has 0 spiro atoms. The standard InChI is InChI=1S/C20H16N4O3/c25-20-16-10-22-24(14-6-2-1-3-7-14)19(16)21-13-23(20)11-15-12-26-17-8-4-5-9-18(17)27-15/h1-10,13,15H,11-12H2. The molecule has 2 aromatic carbocycles. The average Bonchev–Trinajstić information content (AvgIpc) is 3.15. The van der Waals surface area contributed by atoms with Gasteiger partial charge in [-0.25, -0.2) is 9.67 Å². The van der Waals surface area contributed by atoms with Gasteiger partial charge in [0.2, 0.25) is 0 Å². The molecule has 0 fully saturated rings. The number of ether oxygens (including phenoxy) is 2. The second-order valence-electron chi connectivity index (χ2n) is 6.33. The van der Waals surface area contributed by atoms with Crippen LogP contribution in [0.5, 0.6) is 11.5 Å². The van der Waals surface area contributed by atoms with Gasteiger partial charge in [0, 0.05) is 0 Å². The predicted molar refractivity (Wildman–Crippen MR) is 99.5 cm³/mol. The van der Waals surface area contributed by atoms with Gasteiger partial charge < -0.3 is 9.47 Å². The predicted octanol–water partition coefficient (Wildman–Crippen LogP) is 2.42. The fourth-order valence-electron chi connectivity index (χ4n) is 3.21. The third-order valence-corrected chi connectivity index (χ3v) is 4.52. The fourth-order valence-corrected chi connectivity index (χ4v) is 3.21. The van der Waals surface area contributed by atoms with Gasteiger partial charge in [0.15, 0.2) is 23.3 Å². The lowest BCUT2D eigenvalue weighted by Gasteiger charge is -2.26. The second kappa shape index (κ2) is 6.28. The number of aromatic nitrogens is 4. The SMILES string of the molecule is O=c1c2cnn(-c3ccccc3)c2ncn1CC1COc2ccccc2O1. The van der Waals surface area contributed by atoms with Crippen molar-refractivity contribution in [3.63, 3.8) is 0 Å². The van der Waals surface area contributed by atoms with E-state index in [0.29, 0.717) is 29.9 Å². The molecule has 0 bridgehead atoms. The highest BCUT2D eigenvalue weighted by atomic mass is 16.6. The summed E-state index contributed by atoms with van der Waals surface area (Å²) in [5.74, 6) is 1.41. The molecule has 0 amide bonds. The molecular formula is C20H16N4O3. The first-order chi connectivity index (χ1) is 13.3. The van der Waals surface area contributed by atoms with E-state index in [1.165, 1.54) is 6.33 Å². The van der Waals surface area contributed by atoms with Crippen molar-refractivity contribution in [3.8, 4) is 17.2 Å². The summed E-state index contributed by atoms with van der Waals surface area (Å²) in [7, 11) is 0. The Hall–Kier alpha value is -3.61. The summed E-state index contributed by atoms with van der Waals surface area (Å²) in [6.07, 6.45) is 2.83. The number of para-hydroxylation sites is 3. The van der Waals surface area contributed by atoms with Crippen molar-refractivity contribution in [2.24, 2.45) is 0 Å². The van der Waals surface area contributed by atoms with E-state index in [0.717, 1.165) is 11.4 Å². The van der Waals surface area contributed by atoms with E-state index < -0.39 is 0 Å². The van der Waals surface area contributed by atoms with Crippen LogP contribution in [0.25, 0.3) is 16.7 Å². The Morgan fingerprint density at radius 3 is 2.67 bits per heavy atom. The van der Waals surface area contributed by atoms with Gasteiger partial charge in [0.05, 0.1) is 18.4 Å². The Kier molecular flexibility index (Phi) is 3.64. The van der Waals surface area contributed by atoms with E-state index in [2.05, 4.69) is 10.1 Å². The first kappa shape index (κ1) is 15.6. The summed E-state index contributed by atoms with van der Waals surface area (Å²) in [6, 6.07) is 17.1. The maximum absolute atomic E-state index is 12.9. The minimum absolute atomic E-state index is 0.148. The van der Waals surface area contributed by atoms with Crippen molar-refractivity contribution in [2.45, 2.75) is 12.6 Å². The summed E-state index contributed by atoms with van der Waals surface area (Å²) < 4.78 is 14.9. The van der Waals surface area contributed by atoms with Crippen molar-refractivity contribution in [1.29, 1.82) is 0 Å². The lowest BCUT2D eigenvalue weighted by atomic mass is 10.2. The molecule has 4 aromatic rings. The first-order valence-corrected chi connectivity index (χ1v) is 8.67. The Balaban J connectivity index is 1.46. The molecule has 0 N–H and O–H groups in total. The largest absolute Gasteiger partial charge is 0.486 e. The van der Waals surface area contributed by atoms with Crippen LogP contribution in [0.1, 0.15) is 0 Å². The first-order valence-electron chi connectivity index (χ1n) is 8.67. The minimum atomic E-state index is -0.263. The normalized spacial score (nSPS) is 15.8. The molecule has 1 unspecified atom stereocenters. The van der Waals surface area contributed by atoms with Gasteiger partial charge in [-0.15, -0.1) is 0 Å². The Morgan fingerprint density at radius 1 is 1.04 bits per heavy atom.